The summed E-state index contributed by atoms with van der Waals surface area (Å²) in [5, 5.41) is 2.78. The fraction of sp³-hybridized carbons (Fsp3) is 0.211. The zero-order valence-corrected chi connectivity index (χ0v) is 13.7. The van der Waals surface area contributed by atoms with Crippen LogP contribution < -0.4 is 16.0 Å². The van der Waals surface area contributed by atoms with E-state index in [0.717, 1.165) is 24.2 Å². The van der Waals surface area contributed by atoms with Crippen molar-refractivity contribution in [3.8, 4) is 0 Å². The maximum absolute atomic E-state index is 12.1. The first-order chi connectivity index (χ1) is 12.0. The number of benzene rings is 2. The number of amides is 3. The highest BCUT2D eigenvalue weighted by atomic mass is 16.2. The molecule has 1 fully saturated rings. The molecule has 0 saturated carbocycles. The normalized spacial score (nSPS) is 13.8. The fourth-order valence-corrected chi connectivity index (χ4v) is 2.82. The minimum atomic E-state index is -0.505. The van der Waals surface area contributed by atoms with Crippen molar-refractivity contribution in [3.63, 3.8) is 0 Å². The summed E-state index contributed by atoms with van der Waals surface area (Å²) in [5.41, 5.74) is 7.91. The molecule has 0 bridgehead atoms. The van der Waals surface area contributed by atoms with Gasteiger partial charge in [0.05, 0.1) is 6.42 Å². The van der Waals surface area contributed by atoms with Gasteiger partial charge in [0.25, 0.3) is 0 Å². The number of hydrogen-bond acceptors (Lipinski definition) is 3. The molecule has 6 heteroatoms. The van der Waals surface area contributed by atoms with Crippen LogP contribution in [0.1, 0.15) is 28.8 Å². The van der Waals surface area contributed by atoms with Gasteiger partial charge in [-0.2, -0.15) is 0 Å². The van der Waals surface area contributed by atoms with Crippen LogP contribution >= 0.6 is 0 Å². The van der Waals surface area contributed by atoms with Crippen LogP contribution in [-0.2, 0) is 16.0 Å². The maximum Gasteiger partial charge on any atom is 0.248 e. The van der Waals surface area contributed by atoms with Crippen LogP contribution in [0, 0.1) is 0 Å². The molecular weight excluding hydrogens is 318 g/mol. The molecule has 0 aliphatic carbocycles. The van der Waals surface area contributed by atoms with Crippen LogP contribution in [0.4, 0.5) is 11.4 Å². The molecule has 25 heavy (non-hydrogen) atoms. The maximum atomic E-state index is 12.1. The number of primary amides is 1. The number of nitrogens with two attached hydrogens (primary N) is 1. The Balaban J connectivity index is 1.59. The van der Waals surface area contributed by atoms with Gasteiger partial charge in [-0.25, -0.2) is 0 Å². The Hall–Kier alpha value is -3.15. The minimum Gasteiger partial charge on any atom is -0.366 e. The van der Waals surface area contributed by atoms with Gasteiger partial charge >= 0.3 is 0 Å². The van der Waals surface area contributed by atoms with Crippen molar-refractivity contribution in [2.75, 3.05) is 16.8 Å². The Morgan fingerprint density at radius 2 is 1.72 bits per heavy atom. The smallest absolute Gasteiger partial charge is 0.248 e. The number of carbonyl (C=O) groups is 3. The summed E-state index contributed by atoms with van der Waals surface area (Å²) >= 11 is 0. The molecule has 0 unspecified atom stereocenters. The van der Waals surface area contributed by atoms with Crippen LogP contribution in [0.2, 0.25) is 0 Å². The molecular formula is C19H19N3O3. The summed E-state index contributed by atoms with van der Waals surface area (Å²) in [4.78, 5) is 36.7. The molecule has 3 amide bonds. The Bertz CT molecular complexity index is 798. The van der Waals surface area contributed by atoms with Gasteiger partial charge in [0.15, 0.2) is 0 Å². The molecule has 0 aromatic heterocycles. The molecule has 0 spiro atoms. The van der Waals surface area contributed by atoms with E-state index in [4.69, 9.17) is 5.73 Å². The van der Waals surface area contributed by atoms with Gasteiger partial charge in [0, 0.05) is 29.9 Å². The second-order valence-corrected chi connectivity index (χ2v) is 5.98. The lowest BCUT2D eigenvalue weighted by atomic mass is 10.1. The lowest BCUT2D eigenvalue weighted by Gasteiger charge is -2.15. The lowest BCUT2D eigenvalue weighted by molar-refractivity contribution is -0.117. The van der Waals surface area contributed by atoms with Crippen LogP contribution in [0.15, 0.2) is 48.5 Å². The Morgan fingerprint density at radius 1 is 1.04 bits per heavy atom. The molecule has 0 atom stereocenters. The Labute approximate surface area is 145 Å². The van der Waals surface area contributed by atoms with Crippen molar-refractivity contribution >= 4 is 29.1 Å². The second kappa shape index (κ2) is 7.17. The van der Waals surface area contributed by atoms with Crippen molar-refractivity contribution in [2.45, 2.75) is 19.3 Å². The third-order valence-electron chi connectivity index (χ3n) is 4.14. The number of hydrogen-bond donors (Lipinski definition) is 2. The van der Waals surface area contributed by atoms with Crippen molar-refractivity contribution < 1.29 is 14.4 Å². The van der Waals surface area contributed by atoms with E-state index < -0.39 is 5.91 Å². The standard InChI is InChI=1S/C19H19N3O3/c20-19(25)14-5-7-15(8-6-14)21-17(23)12-13-3-9-16(10-4-13)22-11-1-2-18(22)24/h3-10H,1-2,11-12H2,(H2,20,25)(H,21,23). The van der Waals surface area contributed by atoms with E-state index in [1.54, 1.807) is 29.2 Å². The summed E-state index contributed by atoms with van der Waals surface area (Å²) in [5.74, 6) is -0.517. The van der Waals surface area contributed by atoms with Gasteiger partial charge in [-0.05, 0) is 48.4 Å². The first kappa shape index (κ1) is 16.7. The highest BCUT2D eigenvalue weighted by molar-refractivity contribution is 5.96. The molecule has 2 aromatic carbocycles. The van der Waals surface area contributed by atoms with E-state index in [1.807, 2.05) is 24.3 Å². The van der Waals surface area contributed by atoms with Crippen LogP contribution in [-0.4, -0.2) is 24.3 Å². The zero-order valence-electron chi connectivity index (χ0n) is 13.7. The monoisotopic (exact) mass is 337 g/mol. The van der Waals surface area contributed by atoms with Crippen LogP contribution in [0.25, 0.3) is 0 Å². The Morgan fingerprint density at radius 3 is 2.28 bits per heavy atom. The third-order valence-corrected chi connectivity index (χ3v) is 4.14. The highest BCUT2D eigenvalue weighted by Crippen LogP contribution is 2.21. The molecule has 2 aromatic rings. The second-order valence-electron chi connectivity index (χ2n) is 5.98. The molecule has 1 saturated heterocycles. The van der Waals surface area contributed by atoms with Gasteiger partial charge < -0.3 is 16.0 Å². The number of carbonyl (C=O) groups excluding carboxylic acids is 3. The van der Waals surface area contributed by atoms with E-state index in [9.17, 15) is 14.4 Å². The van der Waals surface area contributed by atoms with Crippen molar-refractivity contribution in [1.82, 2.24) is 0 Å². The first-order valence-electron chi connectivity index (χ1n) is 8.12. The number of nitrogens with one attached hydrogen (secondary N) is 1. The van der Waals surface area contributed by atoms with E-state index in [0.29, 0.717) is 17.7 Å². The van der Waals surface area contributed by atoms with Gasteiger partial charge in [0.1, 0.15) is 0 Å². The first-order valence-corrected chi connectivity index (χ1v) is 8.12. The molecule has 3 rings (SSSR count). The highest BCUT2D eigenvalue weighted by Gasteiger charge is 2.21. The number of nitrogens with zero attached hydrogens (tertiary/aromatic N) is 1. The van der Waals surface area contributed by atoms with Gasteiger partial charge in [-0.15, -0.1) is 0 Å². The van der Waals surface area contributed by atoms with Crippen molar-refractivity contribution in [3.05, 3.63) is 59.7 Å². The van der Waals surface area contributed by atoms with Gasteiger partial charge in [-0.1, -0.05) is 12.1 Å². The Kier molecular flexibility index (Phi) is 4.79. The summed E-state index contributed by atoms with van der Waals surface area (Å²) in [6, 6.07) is 13.9. The molecule has 3 N–H and O–H groups in total. The number of rotatable bonds is 5. The van der Waals surface area contributed by atoms with Crippen molar-refractivity contribution in [1.29, 1.82) is 0 Å². The van der Waals surface area contributed by atoms with Gasteiger partial charge in [0.2, 0.25) is 17.7 Å². The third kappa shape index (κ3) is 4.03. The quantitative estimate of drug-likeness (QED) is 0.875. The average molecular weight is 337 g/mol. The number of anilines is 2. The van der Waals surface area contributed by atoms with Crippen LogP contribution in [0.5, 0.6) is 0 Å². The zero-order chi connectivity index (χ0) is 17.8. The average Bonchev–Trinajstić information content (AvgIpc) is 3.02. The lowest BCUT2D eigenvalue weighted by Crippen LogP contribution is -2.23. The predicted octanol–water partition coefficient (Wildman–Crippen LogP) is 2.09. The van der Waals surface area contributed by atoms with Crippen molar-refractivity contribution in [2.24, 2.45) is 5.73 Å². The minimum absolute atomic E-state index is 0.143. The topological polar surface area (TPSA) is 92.5 Å². The molecule has 1 heterocycles. The van der Waals surface area contributed by atoms with Crippen LogP contribution in [0.3, 0.4) is 0 Å². The largest absolute Gasteiger partial charge is 0.366 e. The van der Waals surface area contributed by atoms with E-state index in [2.05, 4.69) is 5.32 Å². The predicted molar refractivity (Wildman–Crippen MR) is 95.3 cm³/mol. The molecule has 1 aliphatic heterocycles. The summed E-state index contributed by atoms with van der Waals surface area (Å²) in [7, 11) is 0. The SMILES string of the molecule is NC(=O)c1ccc(NC(=O)Cc2ccc(N3CCCC3=O)cc2)cc1. The summed E-state index contributed by atoms with van der Waals surface area (Å²) in [6.45, 7) is 0.750. The summed E-state index contributed by atoms with van der Waals surface area (Å²) < 4.78 is 0. The molecule has 1 aliphatic rings. The van der Waals surface area contributed by atoms with E-state index in [1.165, 1.54) is 0 Å². The summed E-state index contributed by atoms with van der Waals surface area (Å²) in [6.07, 6.45) is 1.71. The van der Waals surface area contributed by atoms with E-state index in [-0.39, 0.29) is 18.2 Å². The molecule has 128 valence electrons. The molecule has 6 nitrogen and oxygen atoms in total. The molecule has 0 radical (unpaired) electrons. The van der Waals surface area contributed by atoms with Gasteiger partial charge in [-0.3, -0.25) is 14.4 Å². The fourth-order valence-electron chi connectivity index (χ4n) is 2.82. The van der Waals surface area contributed by atoms with E-state index >= 15 is 0 Å².